The Labute approximate surface area is 104 Å². The number of hydrogen-bond donors (Lipinski definition) is 0. The van der Waals surface area contributed by atoms with E-state index in [4.69, 9.17) is 0 Å². The molecule has 0 saturated heterocycles. The first-order valence-electron chi connectivity index (χ1n) is 6.05. The highest BCUT2D eigenvalue weighted by Crippen LogP contribution is 2.40. The van der Waals surface area contributed by atoms with Gasteiger partial charge in [0.15, 0.2) is 5.78 Å². The smallest absolute Gasteiger partial charge is 0.294 e. The maximum absolute atomic E-state index is 12.4. The lowest BCUT2D eigenvalue weighted by Crippen LogP contribution is -2.24. The molecule has 0 radical (unpaired) electrons. The Balaban J connectivity index is 2.22. The molecular formula is C14H15F3O. The quantitative estimate of drug-likeness (QED) is 0.713. The Bertz CT molecular complexity index is 439. The molecule has 0 amide bonds. The summed E-state index contributed by atoms with van der Waals surface area (Å²) in [6.07, 6.45) is -0.662. The topological polar surface area (TPSA) is 17.1 Å². The van der Waals surface area contributed by atoms with E-state index in [1.807, 2.05) is 6.92 Å². The fourth-order valence-electron chi connectivity index (χ4n) is 2.54. The molecule has 1 aromatic carbocycles. The number of alkyl halides is 3. The van der Waals surface area contributed by atoms with Gasteiger partial charge in [0.1, 0.15) is 0 Å². The van der Waals surface area contributed by atoms with Crippen LogP contribution < -0.4 is 0 Å². The average Bonchev–Trinajstić information content (AvgIpc) is 2.75. The molecule has 0 unspecified atom stereocenters. The number of halogens is 3. The van der Waals surface area contributed by atoms with Gasteiger partial charge >= 0.3 is 6.18 Å². The molecule has 2 rings (SSSR count). The monoisotopic (exact) mass is 256 g/mol. The molecule has 18 heavy (non-hydrogen) atoms. The molecule has 1 saturated carbocycles. The molecule has 1 aliphatic carbocycles. The Hall–Kier alpha value is -1.32. The van der Waals surface area contributed by atoms with E-state index >= 15 is 0 Å². The summed E-state index contributed by atoms with van der Waals surface area (Å²) in [6.45, 7) is 1.90. The summed E-state index contributed by atoms with van der Waals surface area (Å²) in [5.74, 6) is -0.0336. The van der Waals surface area contributed by atoms with Crippen LogP contribution in [-0.2, 0) is 6.18 Å². The van der Waals surface area contributed by atoms with Crippen LogP contribution in [0.4, 0.5) is 13.2 Å². The molecule has 0 aliphatic heterocycles. The predicted molar refractivity (Wildman–Crippen MR) is 62.3 cm³/mol. The maximum Gasteiger partial charge on any atom is 0.416 e. The minimum atomic E-state index is -4.35. The molecule has 0 atom stereocenters. The first kappa shape index (κ1) is 13.1. The number of ketones is 1. The van der Waals surface area contributed by atoms with Gasteiger partial charge < -0.3 is 0 Å². The average molecular weight is 256 g/mol. The normalized spacial score (nSPS) is 18.9. The van der Waals surface area contributed by atoms with Crippen LogP contribution >= 0.6 is 0 Å². The van der Waals surface area contributed by atoms with Crippen molar-refractivity contribution in [2.45, 2.75) is 38.8 Å². The van der Waals surface area contributed by atoms with E-state index in [0.29, 0.717) is 5.56 Å². The minimum Gasteiger partial charge on any atom is -0.294 e. The molecule has 4 heteroatoms. The van der Waals surface area contributed by atoms with Crippen LogP contribution in [0.15, 0.2) is 24.3 Å². The first-order valence-corrected chi connectivity index (χ1v) is 6.05. The Morgan fingerprint density at radius 2 is 1.61 bits per heavy atom. The zero-order valence-electron chi connectivity index (χ0n) is 10.2. The number of carbonyl (C=O) groups excluding carboxylic acids is 1. The summed E-state index contributed by atoms with van der Waals surface area (Å²) in [5, 5.41) is 0. The van der Waals surface area contributed by atoms with Gasteiger partial charge in [0, 0.05) is 11.0 Å². The third kappa shape index (κ3) is 2.42. The molecule has 0 spiro atoms. The number of rotatable bonds is 2. The largest absolute Gasteiger partial charge is 0.416 e. The summed E-state index contributed by atoms with van der Waals surface area (Å²) in [5.41, 5.74) is -0.720. The highest BCUT2D eigenvalue weighted by atomic mass is 19.4. The predicted octanol–water partition coefficient (Wildman–Crippen LogP) is 4.47. The number of Topliss-reactive ketones (excluding diaryl/α,β-unsaturated/α-hetero) is 1. The van der Waals surface area contributed by atoms with Crippen molar-refractivity contribution in [3.8, 4) is 0 Å². The Kier molecular flexibility index (Phi) is 3.21. The molecule has 1 fully saturated rings. The fraction of sp³-hybridized carbons (Fsp3) is 0.500. The fourth-order valence-corrected chi connectivity index (χ4v) is 2.54. The summed E-state index contributed by atoms with van der Waals surface area (Å²) >= 11 is 0. The van der Waals surface area contributed by atoms with Gasteiger partial charge in [0.2, 0.25) is 0 Å². The lowest BCUT2D eigenvalue weighted by Gasteiger charge is -2.21. The van der Waals surface area contributed by atoms with E-state index in [2.05, 4.69) is 0 Å². The van der Waals surface area contributed by atoms with Gasteiger partial charge in [-0.1, -0.05) is 31.9 Å². The molecule has 0 heterocycles. The SMILES string of the molecule is CC1(C(=O)c2ccc(C(F)(F)F)cc2)CCCC1. The second-order valence-electron chi connectivity index (χ2n) is 5.17. The van der Waals surface area contributed by atoms with Crippen LogP contribution in [0.5, 0.6) is 0 Å². The second kappa shape index (κ2) is 4.41. The third-order valence-electron chi connectivity index (χ3n) is 3.73. The third-order valence-corrected chi connectivity index (χ3v) is 3.73. The van der Waals surface area contributed by atoms with Crippen LogP contribution in [-0.4, -0.2) is 5.78 Å². The molecule has 98 valence electrons. The first-order chi connectivity index (χ1) is 8.33. The van der Waals surface area contributed by atoms with Crippen LogP contribution in [0.3, 0.4) is 0 Å². The van der Waals surface area contributed by atoms with Crippen molar-refractivity contribution >= 4 is 5.78 Å². The Morgan fingerprint density at radius 1 is 1.11 bits per heavy atom. The van der Waals surface area contributed by atoms with Gasteiger partial charge in [-0.15, -0.1) is 0 Å². The van der Waals surface area contributed by atoms with Gasteiger partial charge in [-0.05, 0) is 25.0 Å². The van der Waals surface area contributed by atoms with Crippen LogP contribution in [0, 0.1) is 5.41 Å². The number of hydrogen-bond acceptors (Lipinski definition) is 1. The van der Waals surface area contributed by atoms with Crippen molar-refractivity contribution in [1.29, 1.82) is 0 Å². The molecule has 0 N–H and O–H groups in total. The maximum atomic E-state index is 12.4. The molecule has 0 aromatic heterocycles. The van der Waals surface area contributed by atoms with Gasteiger partial charge in [-0.25, -0.2) is 0 Å². The highest BCUT2D eigenvalue weighted by Gasteiger charge is 2.37. The van der Waals surface area contributed by atoms with E-state index in [-0.39, 0.29) is 11.2 Å². The van der Waals surface area contributed by atoms with Crippen molar-refractivity contribution in [3.63, 3.8) is 0 Å². The number of benzene rings is 1. The van der Waals surface area contributed by atoms with Crippen LogP contribution in [0.1, 0.15) is 48.5 Å². The molecular weight excluding hydrogens is 241 g/mol. The standard InChI is InChI=1S/C14H15F3O/c1-13(8-2-3-9-13)12(18)10-4-6-11(7-5-10)14(15,16)17/h4-7H,2-3,8-9H2,1H3. The summed E-state index contributed by atoms with van der Waals surface area (Å²) in [4.78, 5) is 12.2. The molecule has 1 nitrogen and oxygen atoms in total. The van der Waals surface area contributed by atoms with E-state index in [1.54, 1.807) is 0 Å². The van der Waals surface area contributed by atoms with Crippen molar-refractivity contribution in [2.24, 2.45) is 5.41 Å². The van der Waals surface area contributed by atoms with Gasteiger partial charge in [0.05, 0.1) is 5.56 Å². The lowest BCUT2D eigenvalue weighted by molar-refractivity contribution is -0.137. The highest BCUT2D eigenvalue weighted by molar-refractivity contribution is 6.00. The van der Waals surface area contributed by atoms with Crippen molar-refractivity contribution < 1.29 is 18.0 Å². The van der Waals surface area contributed by atoms with Crippen molar-refractivity contribution in [1.82, 2.24) is 0 Å². The summed E-state index contributed by atoms with van der Waals surface area (Å²) in [6, 6.07) is 4.53. The molecule has 1 aliphatic rings. The summed E-state index contributed by atoms with van der Waals surface area (Å²) in [7, 11) is 0. The van der Waals surface area contributed by atoms with E-state index < -0.39 is 11.7 Å². The zero-order valence-corrected chi connectivity index (χ0v) is 10.2. The zero-order chi connectivity index (χ0) is 13.4. The second-order valence-corrected chi connectivity index (χ2v) is 5.17. The van der Waals surface area contributed by atoms with E-state index in [1.165, 1.54) is 12.1 Å². The summed E-state index contributed by atoms with van der Waals surface area (Å²) < 4.78 is 37.2. The van der Waals surface area contributed by atoms with Gasteiger partial charge in [-0.3, -0.25) is 4.79 Å². The van der Waals surface area contributed by atoms with Crippen LogP contribution in [0.2, 0.25) is 0 Å². The van der Waals surface area contributed by atoms with Gasteiger partial charge in [0.25, 0.3) is 0 Å². The van der Waals surface area contributed by atoms with E-state index in [0.717, 1.165) is 37.8 Å². The number of carbonyl (C=O) groups is 1. The Morgan fingerprint density at radius 3 is 2.06 bits per heavy atom. The van der Waals surface area contributed by atoms with Crippen molar-refractivity contribution in [2.75, 3.05) is 0 Å². The van der Waals surface area contributed by atoms with Crippen LogP contribution in [0.25, 0.3) is 0 Å². The molecule has 0 bridgehead atoms. The van der Waals surface area contributed by atoms with E-state index in [9.17, 15) is 18.0 Å². The molecule has 1 aromatic rings. The lowest BCUT2D eigenvalue weighted by atomic mass is 9.81. The van der Waals surface area contributed by atoms with Crippen molar-refractivity contribution in [3.05, 3.63) is 35.4 Å². The minimum absolute atomic E-state index is 0.0336. The van der Waals surface area contributed by atoms with Gasteiger partial charge in [-0.2, -0.15) is 13.2 Å².